The van der Waals surface area contributed by atoms with Gasteiger partial charge < -0.3 is 15.0 Å². The minimum atomic E-state index is 0. The van der Waals surface area contributed by atoms with Crippen molar-refractivity contribution >= 4 is 6.79 Å². The second-order valence-electron chi connectivity index (χ2n) is 0.333. The van der Waals surface area contributed by atoms with Gasteiger partial charge in [-0.25, -0.2) is 9.78 Å². The van der Waals surface area contributed by atoms with E-state index in [2.05, 4.69) is 22.9 Å². The Morgan fingerprint density at radius 2 is 1.00 bits per heavy atom. The maximum atomic E-state index is 8.00. The fraction of sp³-hybridized carbons (Fsp3) is 0.571. The Labute approximate surface area is 77.1 Å². The van der Waals surface area contributed by atoms with Crippen LogP contribution in [0.15, 0.2) is 13.2 Å². The number of aliphatic hydroxyl groups excluding tert-OH is 2. The van der Waals surface area contributed by atoms with Crippen LogP contribution in [0.25, 0.3) is 0 Å². The molecule has 0 saturated carbocycles. The van der Waals surface area contributed by atoms with Gasteiger partial charge in [0.25, 0.3) is 0 Å². The zero-order valence-corrected chi connectivity index (χ0v) is 8.24. The lowest BCUT2D eigenvalue weighted by atomic mass is 11.3. The van der Waals surface area contributed by atoms with Gasteiger partial charge in [-0.15, -0.1) is 13.2 Å². The van der Waals surface area contributed by atoms with E-state index in [1.807, 2.05) is 6.79 Å². The average Bonchev–Trinajstić information content (AvgIpc) is 2.29. The van der Waals surface area contributed by atoms with E-state index in [4.69, 9.17) is 15.0 Å². The molecule has 12 heavy (non-hydrogen) atoms. The topological polar surface area (TPSA) is 76.0 Å². The Morgan fingerprint density at radius 1 is 0.917 bits per heavy atom. The molecule has 0 atom stereocenters. The summed E-state index contributed by atoms with van der Waals surface area (Å²) < 4.78 is 0. The van der Waals surface area contributed by atoms with Gasteiger partial charge in [-0.2, -0.15) is 0 Å². The summed E-state index contributed by atoms with van der Waals surface area (Å²) >= 11 is 0. The maximum Gasteiger partial charge on any atom is 1.00 e. The fourth-order valence-corrected chi connectivity index (χ4v) is 0. The van der Waals surface area contributed by atoms with Crippen molar-refractivity contribution in [2.45, 2.75) is 0 Å². The standard InChI is InChI=1S/C2H6O2.C2H4.2CH4O.CH2O/c1-3-4-2;4*1-2/h1-2H3;1-2H2;2*2H,1H3;1H2/p+2. The molecule has 0 bridgehead atoms. The maximum absolute atomic E-state index is 8.00. The first-order valence-electron chi connectivity index (χ1n) is 2.67. The van der Waals surface area contributed by atoms with Gasteiger partial charge in [0.2, 0.25) is 0 Å². The quantitative estimate of drug-likeness (QED) is 0.349. The van der Waals surface area contributed by atoms with Gasteiger partial charge in [0.1, 0.15) is 6.79 Å². The van der Waals surface area contributed by atoms with Crippen LogP contribution in [0, 0.1) is 0 Å². The van der Waals surface area contributed by atoms with Crippen LogP contribution in [0.1, 0.15) is 2.85 Å². The Morgan fingerprint density at radius 3 is 1.00 bits per heavy atom. The molecule has 0 aliphatic heterocycles. The molecule has 5 nitrogen and oxygen atoms in total. The first-order chi connectivity index (χ1) is 5.91. The summed E-state index contributed by atoms with van der Waals surface area (Å²) in [6.07, 6.45) is 0. The number of aliphatic hydroxyl groups is 2. The van der Waals surface area contributed by atoms with Crippen LogP contribution in [0.5, 0.6) is 0 Å². The number of carbonyl (C=O) groups is 1. The third kappa shape index (κ3) is 10100. The molecule has 0 aliphatic carbocycles. The number of rotatable bonds is 1. The molecule has 0 aromatic carbocycles. The summed E-state index contributed by atoms with van der Waals surface area (Å²) in [4.78, 5) is 16.1. The molecule has 0 aromatic heterocycles. The van der Waals surface area contributed by atoms with Gasteiger partial charge in [0, 0.05) is 14.2 Å². The van der Waals surface area contributed by atoms with E-state index >= 15 is 0 Å². The molecule has 0 fully saturated rings. The fourth-order valence-electron chi connectivity index (χ4n) is 0. The highest BCUT2D eigenvalue weighted by Gasteiger charge is 1.47. The molecule has 0 aliphatic rings. The Balaban J connectivity index is -0.00000000887. The molecular weight excluding hydrogens is 164 g/mol. The van der Waals surface area contributed by atoms with E-state index in [1.54, 1.807) is 0 Å². The molecule has 0 radical (unpaired) electrons. The van der Waals surface area contributed by atoms with Crippen LogP contribution in [0.3, 0.4) is 0 Å². The van der Waals surface area contributed by atoms with E-state index in [0.29, 0.717) is 0 Å². The second kappa shape index (κ2) is 561. The molecular formula is C7H22O5+2. The molecule has 78 valence electrons. The van der Waals surface area contributed by atoms with Crippen molar-refractivity contribution in [3.8, 4) is 0 Å². The van der Waals surface area contributed by atoms with E-state index in [9.17, 15) is 0 Å². The van der Waals surface area contributed by atoms with E-state index in [1.165, 1.54) is 14.2 Å². The Hall–Kier alpha value is -0.750. The van der Waals surface area contributed by atoms with Crippen LogP contribution in [0.2, 0.25) is 0 Å². The molecule has 0 heterocycles. The second-order valence-corrected chi connectivity index (χ2v) is 0.333. The first-order valence-corrected chi connectivity index (χ1v) is 2.67. The summed E-state index contributed by atoms with van der Waals surface area (Å²) in [5, 5.41) is 14.0. The van der Waals surface area contributed by atoms with E-state index < -0.39 is 0 Å². The van der Waals surface area contributed by atoms with Crippen LogP contribution in [-0.2, 0) is 14.6 Å². The van der Waals surface area contributed by atoms with Crippen molar-refractivity contribution in [3.05, 3.63) is 13.2 Å². The predicted molar refractivity (Wildman–Crippen MR) is 50.9 cm³/mol. The first kappa shape index (κ1) is 30.3. The van der Waals surface area contributed by atoms with Crippen molar-refractivity contribution in [1.29, 1.82) is 0 Å². The summed E-state index contributed by atoms with van der Waals surface area (Å²) in [7, 11) is 4.92. The van der Waals surface area contributed by atoms with Crippen molar-refractivity contribution in [3.63, 3.8) is 0 Å². The molecule has 5 heteroatoms. The summed E-state index contributed by atoms with van der Waals surface area (Å²) in [5.41, 5.74) is 0. The zero-order valence-electron chi connectivity index (χ0n) is 10.2. The largest absolute Gasteiger partial charge is 1.00 e. The van der Waals surface area contributed by atoms with E-state index in [-0.39, 0.29) is 2.85 Å². The third-order valence-electron chi connectivity index (χ3n) is 0.167. The molecule has 0 spiro atoms. The lowest BCUT2D eigenvalue weighted by molar-refractivity contribution is -0.248. The predicted octanol–water partition coefficient (Wildman–Crippen LogP) is 0.253. The molecule has 2 N–H and O–H groups in total. The molecule has 0 aromatic rings. The molecule has 0 rings (SSSR count). The van der Waals surface area contributed by atoms with Gasteiger partial charge in [-0.05, 0) is 0 Å². The zero-order chi connectivity index (χ0) is 11.4. The highest BCUT2D eigenvalue weighted by atomic mass is 17.2. The minimum absolute atomic E-state index is 0. The van der Waals surface area contributed by atoms with Crippen LogP contribution < -0.4 is 0 Å². The lowest BCUT2D eigenvalue weighted by Gasteiger charge is -1.78. The van der Waals surface area contributed by atoms with Crippen LogP contribution in [0.4, 0.5) is 0 Å². The van der Waals surface area contributed by atoms with Crippen molar-refractivity contribution in [2.24, 2.45) is 0 Å². The van der Waals surface area contributed by atoms with Crippen molar-refractivity contribution < 1.29 is 27.6 Å². The van der Waals surface area contributed by atoms with Gasteiger partial charge in [-0.1, -0.05) is 0 Å². The number of carbonyl (C=O) groups excluding carboxylic acids is 1. The molecule has 0 saturated heterocycles. The SMILES string of the molecule is C=C.C=O.CO.CO.COOC.[H+].[H+]. The van der Waals surface area contributed by atoms with Crippen molar-refractivity contribution in [1.82, 2.24) is 0 Å². The lowest BCUT2D eigenvalue weighted by Crippen LogP contribution is -1.72. The Bertz CT molecular complexity index is 32.0. The number of hydrogen-bond acceptors (Lipinski definition) is 5. The van der Waals surface area contributed by atoms with Gasteiger partial charge >= 0.3 is 2.85 Å². The highest BCUT2D eigenvalue weighted by Crippen LogP contribution is 1.52. The molecule has 0 unspecified atom stereocenters. The smallest absolute Gasteiger partial charge is 0.400 e. The van der Waals surface area contributed by atoms with Gasteiger partial charge in [-0.3, -0.25) is 0 Å². The van der Waals surface area contributed by atoms with Gasteiger partial charge in [0.05, 0.1) is 14.2 Å². The Kier molecular flexibility index (Phi) is 1420. The minimum Gasteiger partial charge on any atom is -0.400 e. The average molecular weight is 186 g/mol. The summed E-state index contributed by atoms with van der Waals surface area (Å²) in [6.45, 7) is 8.00. The van der Waals surface area contributed by atoms with Crippen molar-refractivity contribution in [2.75, 3.05) is 28.4 Å². The van der Waals surface area contributed by atoms with E-state index in [0.717, 1.165) is 14.2 Å². The monoisotopic (exact) mass is 186 g/mol. The summed E-state index contributed by atoms with van der Waals surface area (Å²) in [6, 6.07) is 0. The van der Waals surface area contributed by atoms with Gasteiger partial charge in [0.15, 0.2) is 0 Å². The third-order valence-corrected chi connectivity index (χ3v) is 0.167. The highest BCUT2D eigenvalue weighted by molar-refractivity contribution is 5.10. The van der Waals surface area contributed by atoms with Crippen LogP contribution >= 0.6 is 0 Å². The number of hydrogen-bond donors (Lipinski definition) is 2. The van der Waals surface area contributed by atoms with Crippen LogP contribution in [-0.4, -0.2) is 45.4 Å². The molecule has 0 amide bonds. The normalized spacial score (nSPS) is 4.17. The summed E-state index contributed by atoms with van der Waals surface area (Å²) in [5.74, 6) is 0.